The van der Waals surface area contributed by atoms with Gasteiger partial charge in [-0.15, -0.1) is 0 Å². The van der Waals surface area contributed by atoms with Gasteiger partial charge in [0.1, 0.15) is 0 Å². The van der Waals surface area contributed by atoms with Gasteiger partial charge in [0.15, 0.2) is 0 Å². The SMILES string of the molecule is c1ccc(-c2ccc3c(-c4ccc(-c5ccc(-c6ccc7c8ccccc8c8ccccc8c7c6)cc5)cc4)c4ccccc4c(-c4ccccc4)c3c2)cc1. The fourth-order valence-corrected chi connectivity index (χ4v) is 8.99. The van der Waals surface area contributed by atoms with Crippen molar-refractivity contribution in [3.8, 4) is 55.6 Å². The first-order chi connectivity index (χ1) is 27.8. The quantitative estimate of drug-likeness (QED) is 0.123. The Bertz CT molecular complexity index is 3210. The van der Waals surface area contributed by atoms with Crippen LogP contribution in [0.5, 0.6) is 0 Å². The lowest BCUT2D eigenvalue weighted by atomic mass is 9.84. The summed E-state index contributed by atoms with van der Waals surface area (Å²) in [7, 11) is 0. The average molecular weight is 709 g/mol. The molecule has 0 radical (unpaired) electrons. The van der Waals surface area contributed by atoms with Crippen molar-refractivity contribution >= 4 is 53.9 Å². The summed E-state index contributed by atoms with van der Waals surface area (Å²) < 4.78 is 0. The molecular weight excluding hydrogens is 673 g/mol. The van der Waals surface area contributed by atoms with E-state index in [1.807, 2.05) is 0 Å². The molecule has 0 atom stereocenters. The summed E-state index contributed by atoms with van der Waals surface area (Å²) in [5, 5.41) is 12.9. The molecule has 0 bridgehead atoms. The van der Waals surface area contributed by atoms with Gasteiger partial charge in [-0.2, -0.15) is 0 Å². The van der Waals surface area contributed by atoms with E-state index in [1.54, 1.807) is 0 Å². The summed E-state index contributed by atoms with van der Waals surface area (Å²) in [4.78, 5) is 0. The molecular formula is C56H36. The molecule has 0 amide bonds. The lowest BCUT2D eigenvalue weighted by Crippen LogP contribution is -1.92. The van der Waals surface area contributed by atoms with E-state index in [0.29, 0.717) is 0 Å². The number of benzene rings is 11. The highest BCUT2D eigenvalue weighted by Crippen LogP contribution is 2.45. The minimum Gasteiger partial charge on any atom is -0.0622 e. The number of hydrogen-bond donors (Lipinski definition) is 0. The summed E-state index contributed by atoms with van der Waals surface area (Å²) in [5.41, 5.74) is 12.3. The Hall–Kier alpha value is -7.28. The van der Waals surface area contributed by atoms with E-state index in [9.17, 15) is 0 Å². The Kier molecular flexibility index (Phi) is 7.60. The first kappa shape index (κ1) is 32.2. The molecule has 0 nitrogen and oxygen atoms in total. The van der Waals surface area contributed by atoms with Crippen LogP contribution in [0, 0.1) is 0 Å². The molecule has 0 aliphatic heterocycles. The molecule has 11 aromatic carbocycles. The van der Waals surface area contributed by atoms with Crippen molar-refractivity contribution in [1.82, 2.24) is 0 Å². The van der Waals surface area contributed by atoms with Crippen LogP contribution >= 0.6 is 0 Å². The van der Waals surface area contributed by atoms with Crippen LogP contribution in [0.4, 0.5) is 0 Å². The molecule has 11 aromatic rings. The highest BCUT2D eigenvalue weighted by Gasteiger charge is 2.18. The van der Waals surface area contributed by atoms with Gasteiger partial charge in [-0.3, -0.25) is 0 Å². The molecule has 0 saturated heterocycles. The Morgan fingerprint density at radius 2 is 0.411 bits per heavy atom. The summed E-state index contributed by atoms with van der Waals surface area (Å²) in [6.45, 7) is 0. The maximum absolute atomic E-state index is 2.39. The summed E-state index contributed by atoms with van der Waals surface area (Å²) in [6.07, 6.45) is 0. The Labute approximate surface area is 326 Å². The Balaban J connectivity index is 0.995. The van der Waals surface area contributed by atoms with Gasteiger partial charge in [-0.1, -0.05) is 206 Å². The highest BCUT2D eigenvalue weighted by molar-refractivity contribution is 6.26. The predicted octanol–water partition coefficient (Wildman–Crippen LogP) is 15.8. The van der Waals surface area contributed by atoms with Gasteiger partial charge in [0.2, 0.25) is 0 Å². The van der Waals surface area contributed by atoms with Crippen LogP contribution < -0.4 is 0 Å². The average Bonchev–Trinajstić information content (AvgIpc) is 3.28. The van der Waals surface area contributed by atoms with E-state index in [4.69, 9.17) is 0 Å². The molecule has 0 heteroatoms. The summed E-state index contributed by atoms with van der Waals surface area (Å²) >= 11 is 0. The maximum Gasteiger partial charge on any atom is -0.00262 e. The van der Waals surface area contributed by atoms with Gasteiger partial charge in [-0.25, -0.2) is 0 Å². The molecule has 56 heavy (non-hydrogen) atoms. The molecule has 260 valence electrons. The largest absolute Gasteiger partial charge is 0.0622 e. The third-order valence-corrected chi connectivity index (χ3v) is 11.7. The minimum atomic E-state index is 1.21. The topological polar surface area (TPSA) is 0 Å². The van der Waals surface area contributed by atoms with E-state index < -0.39 is 0 Å². The van der Waals surface area contributed by atoms with Crippen LogP contribution in [0.25, 0.3) is 109 Å². The molecule has 11 rings (SSSR count). The predicted molar refractivity (Wildman–Crippen MR) is 241 cm³/mol. The second kappa shape index (κ2) is 13.2. The van der Waals surface area contributed by atoms with Crippen LogP contribution in [0.3, 0.4) is 0 Å². The zero-order valence-corrected chi connectivity index (χ0v) is 30.8. The first-order valence-corrected chi connectivity index (χ1v) is 19.4. The zero-order valence-electron chi connectivity index (χ0n) is 30.8. The Morgan fingerprint density at radius 3 is 0.929 bits per heavy atom. The second-order valence-electron chi connectivity index (χ2n) is 14.8. The molecule has 0 N–H and O–H groups in total. The van der Waals surface area contributed by atoms with Crippen LogP contribution in [0.1, 0.15) is 0 Å². The number of fused-ring (bicyclic) bond motifs is 8. The molecule has 0 fully saturated rings. The molecule has 0 heterocycles. The summed E-state index contributed by atoms with van der Waals surface area (Å²) in [6, 6.07) is 80.2. The fraction of sp³-hybridized carbons (Fsp3) is 0. The fourth-order valence-electron chi connectivity index (χ4n) is 8.99. The molecule has 0 unspecified atom stereocenters. The van der Waals surface area contributed by atoms with Gasteiger partial charge >= 0.3 is 0 Å². The van der Waals surface area contributed by atoms with Crippen molar-refractivity contribution in [3.05, 3.63) is 218 Å². The van der Waals surface area contributed by atoms with Crippen LogP contribution in [0.2, 0.25) is 0 Å². The van der Waals surface area contributed by atoms with Crippen molar-refractivity contribution in [1.29, 1.82) is 0 Å². The van der Waals surface area contributed by atoms with Crippen LogP contribution in [-0.4, -0.2) is 0 Å². The van der Waals surface area contributed by atoms with Gasteiger partial charge in [-0.05, 0) is 122 Å². The molecule has 0 aromatic heterocycles. The van der Waals surface area contributed by atoms with Gasteiger partial charge in [0, 0.05) is 0 Å². The third-order valence-electron chi connectivity index (χ3n) is 11.7. The Morgan fingerprint density at radius 1 is 0.143 bits per heavy atom. The second-order valence-corrected chi connectivity index (χ2v) is 14.8. The molecule has 0 aliphatic rings. The van der Waals surface area contributed by atoms with E-state index >= 15 is 0 Å². The van der Waals surface area contributed by atoms with Crippen LogP contribution in [-0.2, 0) is 0 Å². The first-order valence-electron chi connectivity index (χ1n) is 19.4. The van der Waals surface area contributed by atoms with Crippen molar-refractivity contribution in [2.24, 2.45) is 0 Å². The zero-order chi connectivity index (χ0) is 37.0. The lowest BCUT2D eigenvalue weighted by molar-refractivity contribution is 1.59. The van der Waals surface area contributed by atoms with Crippen LogP contribution in [0.15, 0.2) is 218 Å². The van der Waals surface area contributed by atoms with Gasteiger partial charge < -0.3 is 0 Å². The van der Waals surface area contributed by atoms with E-state index in [1.165, 1.54) is 109 Å². The van der Waals surface area contributed by atoms with Crippen molar-refractivity contribution in [2.75, 3.05) is 0 Å². The van der Waals surface area contributed by atoms with E-state index in [2.05, 4.69) is 218 Å². The van der Waals surface area contributed by atoms with E-state index in [-0.39, 0.29) is 0 Å². The standard InChI is InChI=1S/C56H36/c1-3-13-37(14-4-1)44-32-34-52-54(36-44)56(41-15-5-2-6-16-41)51-22-12-11-21-50(51)55(52)42-29-27-39(28-30-42)38-23-25-40(26-24-38)43-31-33-49-47-19-8-7-17-45(47)46-18-9-10-20-48(46)53(49)35-43/h1-36H. The van der Waals surface area contributed by atoms with Crippen molar-refractivity contribution in [3.63, 3.8) is 0 Å². The van der Waals surface area contributed by atoms with Crippen molar-refractivity contribution in [2.45, 2.75) is 0 Å². The molecule has 0 aliphatic carbocycles. The summed E-state index contributed by atoms with van der Waals surface area (Å²) in [5.74, 6) is 0. The van der Waals surface area contributed by atoms with Gasteiger partial charge in [0.05, 0.1) is 0 Å². The highest BCUT2D eigenvalue weighted by atomic mass is 14.2. The van der Waals surface area contributed by atoms with E-state index in [0.717, 1.165) is 0 Å². The third kappa shape index (κ3) is 5.30. The van der Waals surface area contributed by atoms with Gasteiger partial charge in [0.25, 0.3) is 0 Å². The minimum absolute atomic E-state index is 1.21. The lowest BCUT2D eigenvalue weighted by Gasteiger charge is -2.19. The molecule has 0 spiro atoms. The smallest absolute Gasteiger partial charge is 0.00262 e. The maximum atomic E-state index is 2.39. The molecule has 0 saturated carbocycles. The normalized spacial score (nSPS) is 11.6. The van der Waals surface area contributed by atoms with Crippen molar-refractivity contribution < 1.29 is 0 Å². The monoisotopic (exact) mass is 708 g/mol. The number of rotatable bonds is 5. The number of hydrogen-bond acceptors (Lipinski definition) is 0.